The first kappa shape index (κ1) is 14.4. The predicted octanol–water partition coefficient (Wildman–Crippen LogP) is 1.31. The average molecular weight is 264 g/mol. The van der Waals surface area contributed by atoms with Gasteiger partial charge in [-0.3, -0.25) is 0 Å². The monoisotopic (exact) mass is 264 g/mol. The van der Waals surface area contributed by atoms with Gasteiger partial charge in [-0.15, -0.1) is 0 Å². The van der Waals surface area contributed by atoms with Crippen molar-refractivity contribution in [3.8, 4) is 5.75 Å². The number of ether oxygens (including phenoxy) is 1. The minimum absolute atomic E-state index is 0.0873. The molecule has 0 aliphatic carbocycles. The summed E-state index contributed by atoms with van der Waals surface area (Å²) in [6.07, 6.45) is 0.718. The maximum Gasteiger partial charge on any atom is 0.495 e. The first-order valence-corrected chi connectivity index (χ1v) is 6.65. The quantitative estimate of drug-likeness (QED) is 0.805. The van der Waals surface area contributed by atoms with E-state index in [1.807, 2.05) is 26.0 Å². The summed E-state index contributed by atoms with van der Waals surface area (Å²) in [6.45, 7) is 7.57. The normalized spacial score (nSPS) is 18.6. The zero-order chi connectivity index (χ0) is 14.2. The van der Waals surface area contributed by atoms with Crippen LogP contribution in [0.1, 0.15) is 44.4 Å². The van der Waals surface area contributed by atoms with Gasteiger partial charge in [0.05, 0.1) is 11.7 Å². The van der Waals surface area contributed by atoms with Gasteiger partial charge >= 0.3 is 7.12 Å². The van der Waals surface area contributed by atoms with Crippen LogP contribution in [0.2, 0.25) is 0 Å². The summed E-state index contributed by atoms with van der Waals surface area (Å²) in [5.74, 6) is 0.589. The van der Waals surface area contributed by atoms with Crippen LogP contribution in [-0.2, 0) is 4.65 Å². The third-order valence-electron chi connectivity index (χ3n) is 3.28. The van der Waals surface area contributed by atoms with Gasteiger partial charge in [0.2, 0.25) is 0 Å². The Labute approximate surface area is 114 Å². The minimum atomic E-state index is -0.948. The molecule has 19 heavy (non-hydrogen) atoms. The van der Waals surface area contributed by atoms with E-state index >= 15 is 0 Å². The Bertz CT molecular complexity index is 467. The molecule has 2 rings (SSSR count). The average Bonchev–Trinajstić information content (AvgIpc) is 2.66. The molecule has 0 saturated heterocycles. The summed E-state index contributed by atoms with van der Waals surface area (Å²) in [4.78, 5) is 0. The van der Waals surface area contributed by atoms with Crippen LogP contribution in [0.15, 0.2) is 12.1 Å². The fourth-order valence-corrected chi connectivity index (χ4v) is 2.38. The second-order valence-electron chi connectivity index (χ2n) is 5.69. The smallest absolute Gasteiger partial charge is 0.491 e. The van der Waals surface area contributed by atoms with Crippen LogP contribution in [0.4, 0.5) is 0 Å². The minimum Gasteiger partial charge on any atom is -0.491 e. The van der Waals surface area contributed by atoms with Gasteiger partial charge in [0, 0.05) is 5.46 Å². The molecular weight excluding hydrogens is 243 g/mol. The second kappa shape index (κ2) is 5.15. The van der Waals surface area contributed by atoms with Gasteiger partial charge in [-0.25, -0.2) is 0 Å². The SMILES string of the molecule is CC[C@H]1OB(O)c2c(OCC(C)(C)O)ccc(C)c21. The van der Waals surface area contributed by atoms with Gasteiger partial charge in [-0.2, -0.15) is 0 Å². The lowest BCUT2D eigenvalue weighted by Crippen LogP contribution is -2.34. The molecule has 0 aromatic heterocycles. The third kappa shape index (κ3) is 2.94. The zero-order valence-corrected chi connectivity index (χ0v) is 11.9. The zero-order valence-electron chi connectivity index (χ0n) is 11.9. The van der Waals surface area contributed by atoms with Crippen molar-refractivity contribution in [3.63, 3.8) is 0 Å². The molecule has 4 nitrogen and oxygen atoms in total. The van der Waals surface area contributed by atoms with Crippen LogP contribution >= 0.6 is 0 Å². The van der Waals surface area contributed by atoms with Crippen LogP contribution < -0.4 is 10.2 Å². The van der Waals surface area contributed by atoms with E-state index in [4.69, 9.17) is 9.39 Å². The lowest BCUT2D eigenvalue weighted by Gasteiger charge is -2.20. The van der Waals surface area contributed by atoms with Crippen LogP contribution in [0.3, 0.4) is 0 Å². The van der Waals surface area contributed by atoms with Crippen LogP contribution in [0, 0.1) is 6.92 Å². The van der Waals surface area contributed by atoms with E-state index in [2.05, 4.69) is 0 Å². The molecule has 0 saturated carbocycles. The Morgan fingerprint density at radius 1 is 1.42 bits per heavy atom. The van der Waals surface area contributed by atoms with E-state index < -0.39 is 12.7 Å². The van der Waals surface area contributed by atoms with Crippen molar-refractivity contribution < 1.29 is 19.5 Å². The molecule has 1 aromatic rings. The highest BCUT2D eigenvalue weighted by molar-refractivity contribution is 6.63. The van der Waals surface area contributed by atoms with E-state index in [1.165, 1.54) is 0 Å². The summed E-state index contributed by atoms with van der Waals surface area (Å²) in [5.41, 5.74) is 1.90. The van der Waals surface area contributed by atoms with Crippen LogP contribution in [0.5, 0.6) is 5.75 Å². The molecule has 1 aliphatic heterocycles. The van der Waals surface area contributed by atoms with Gasteiger partial charge < -0.3 is 19.5 Å². The van der Waals surface area contributed by atoms with E-state index in [1.54, 1.807) is 13.8 Å². The van der Waals surface area contributed by atoms with Gasteiger partial charge in [-0.1, -0.05) is 13.0 Å². The van der Waals surface area contributed by atoms with Crippen molar-refractivity contribution >= 4 is 12.6 Å². The van der Waals surface area contributed by atoms with Crippen LogP contribution in [0.25, 0.3) is 0 Å². The highest BCUT2D eigenvalue weighted by Crippen LogP contribution is 2.32. The summed E-state index contributed by atoms with van der Waals surface area (Å²) in [6, 6.07) is 3.78. The molecule has 104 valence electrons. The third-order valence-corrected chi connectivity index (χ3v) is 3.28. The number of aliphatic hydroxyl groups is 1. The molecule has 0 fully saturated rings. The number of aryl methyl sites for hydroxylation is 1. The molecule has 5 heteroatoms. The second-order valence-corrected chi connectivity index (χ2v) is 5.69. The highest BCUT2D eigenvalue weighted by Gasteiger charge is 2.38. The molecule has 0 radical (unpaired) electrons. The number of fused-ring (bicyclic) bond motifs is 1. The summed E-state index contributed by atoms with van der Waals surface area (Å²) in [7, 11) is -0.948. The molecule has 0 amide bonds. The molecular formula is C14H21BO4. The lowest BCUT2D eigenvalue weighted by atomic mass is 9.77. The van der Waals surface area contributed by atoms with Crippen molar-refractivity contribution in [2.24, 2.45) is 0 Å². The molecule has 0 bridgehead atoms. The predicted molar refractivity (Wildman–Crippen MR) is 74.7 cm³/mol. The largest absolute Gasteiger partial charge is 0.495 e. The molecule has 0 spiro atoms. The molecule has 1 heterocycles. The van der Waals surface area contributed by atoms with Crippen molar-refractivity contribution in [3.05, 3.63) is 23.3 Å². The molecule has 1 atom stereocenters. The summed E-state index contributed by atoms with van der Waals surface area (Å²) >= 11 is 0. The Balaban J connectivity index is 2.35. The van der Waals surface area contributed by atoms with Gasteiger partial charge in [0.15, 0.2) is 0 Å². The fraction of sp³-hybridized carbons (Fsp3) is 0.571. The summed E-state index contributed by atoms with van der Waals surface area (Å²) in [5, 5.41) is 19.8. The number of hydrogen-bond acceptors (Lipinski definition) is 4. The van der Waals surface area contributed by atoms with Crippen molar-refractivity contribution in [2.45, 2.75) is 45.8 Å². The maximum absolute atomic E-state index is 10.1. The van der Waals surface area contributed by atoms with Crippen molar-refractivity contribution in [1.82, 2.24) is 0 Å². The van der Waals surface area contributed by atoms with Gasteiger partial charge in [0.25, 0.3) is 0 Å². The first-order chi connectivity index (χ1) is 8.83. The fourth-order valence-electron chi connectivity index (χ4n) is 2.38. The van der Waals surface area contributed by atoms with Crippen molar-refractivity contribution in [1.29, 1.82) is 0 Å². The Morgan fingerprint density at radius 2 is 2.11 bits per heavy atom. The van der Waals surface area contributed by atoms with Gasteiger partial charge in [-0.05, 0) is 44.4 Å². The molecule has 2 N–H and O–H groups in total. The molecule has 1 aromatic carbocycles. The molecule has 1 aliphatic rings. The van der Waals surface area contributed by atoms with E-state index in [0.717, 1.165) is 17.5 Å². The van der Waals surface area contributed by atoms with Crippen molar-refractivity contribution in [2.75, 3.05) is 6.61 Å². The van der Waals surface area contributed by atoms with Gasteiger partial charge in [0.1, 0.15) is 12.4 Å². The lowest BCUT2D eigenvalue weighted by molar-refractivity contribution is 0.0288. The topological polar surface area (TPSA) is 58.9 Å². The molecule has 0 unspecified atom stereocenters. The Kier molecular flexibility index (Phi) is 3.90. The van der Waals surface area contributed by atoms with E-state index in [-0.39, 0.29) is 12.7 Å². The Hall–Kier alpha value is -1.04. The number of rotatable bonds is 4. The number of benzene rings is 1. The standard InChI is InChI=1S/C14H21BO4/c1-5-10-12-9(2)6-7-11(13(12)15(17)19-10)18-8-14(3,4)16/h6-7,10,16-17H,5,8H2,1-4H3/t10-/m1/s1. The number of hydrogen-bond donors (Lipinski definition) is 2. The Morgan fingerprint density at radius 3 is 2.68 bits per heavy atom. The first-order valence-electron chi connectivity index (χ1n) is 6.65. The highest BCUT2D eigenvalue weighted by atomic mass is 16.5. The van der Waals surface area contributed by atoms with E-state index in [9.17, 15) is 10.1 Å². The van der Waals surface area contributed by atoms with E-state index in [0.29, 0.717) is 11.2 Å². The summed E-state index contributed by atoms with van der Waals surface area (Å²) < 4.78 is 11.2. The van der Waals surface area contributed by atoms with Crippen LogP contribution in [-0.4, -0.2) is 29.5 Å². The maximum atomic E-state index is 10.1.